The summed E-state index contributed by atoms with van der Waals surface area (Å²) >= 11 is 0. The minimum absolute atomic E-state index is 0.152. The third-order valence-corrected chi connectivity index (χ3v) is 4.39. The second kappa shape index (κ2) is 17.8. The average Bonchev–Trinajstić information content (AvgIpc) is 2.50. The lowest BCUT2D eigenvalue weighted by molar-refractivity contribution is 0.218. The number of nitrogens with one attached hydrogen (secondary N) is 1. The van der Waals surface area contributed by atoms with Crippen LogP contribution in [0.4, 0.5) is 0 Å². The van der Waals surface area contributed by atoms with Crippen LogP contribution in [-0.2, 0) is 4.74 Å². The van der Waals surface area contributed by atoms with Gasteiger partial charge in [0.15, 0.2) is 5.90 Å². The molecule has 0 heterocycles. The number of hydrogen-bond acceptors (Lipinski definition) is 2. The van der Waals surface area contributed by atoms with Crippen molar-refractivity contribution < 1.29 is 4.74 Å². The molecule has 2 heteroatoms. The fourth-order valence-electron chi connectivity index (χ4n) is 3.00. The van der Waals surface area contributed by atoms with E-state index < -0.39 is 0 Å². The van der Waals surface area contributed by atoms with Gasteiger partial charge in [0.05, 0.1) is 6.10 Å². The Morgan fingerprint density at radius 2 is 1.00 bits per heavy atom. The second-order valence-electron chi connectivity index (χ2n) is 7.29. The van der Waals surface area contributed by atoms with Crippen LogP contribution in [0.25, 0.3) is 0 Å². The Kier molecular flexibility index (Phi) is 17.4. The van der Waals surface area contributed by atoms with Crippen molar-refractivity contribution >= 4 is 5.90 Å². The number of ether oxygens (including phenoxy) is 1. The van der Waals surface area contributed by atoms with Crippen LogP contribution in [0.5, 0.6) is 0 Å². The van der Waals surface area contributed by atoms with Crippen molar-refractivity contribution in [1.29, 1.82) is 5.41 Å². The third kappa shape index (κ3) is 19.4. The molecule has 2 nitrogen and oxygen atoms in total. The smallest absolute Gasteiger partial charge is 0.180 e. The topological polar surface area (TPSA) is 33.1 Å². The van der Waals surface area contributed by atoms with Gasteiger partial charge in [-0.1, -0.05) is 96.8 Å². The van der Waals surface area contributed by atoms with Crippen molar-refractivity contribution in [2.75, 3.05) is 0 Å². The van der Waals surface area contributed by atoms with Crippen LogP contribution in [0.2, 0.25) is 0 Å². The van der Waals surface area contributed by atoms with E-state index in [-0.39, 0.29) is 6.10 Å². The molecule has 0 saturated carbocycles. The van der Waals surface area contributed by atoms with Gasteiger partial charge in [-0.25, -0.2) is 0 Å². The molecule has 0 aromatic rings. The van der Waals surface area contributed by atoms with E-state index in [0.29, 0.717) is 5.90 Å². The van der Waals surface area contributed by atoms with Gasteiger partial charge in [0.25, 0.3) is 0 Å². The normalized spacial score (nSPS) is 11.1. The highest BCUT2D eigenvalue weighted by molar-refractivity contribution is 5.72. The molecule has 0 spiro atoms. The zero-order valence-corrected chi connectivity index (χ0v) is 16.3. The van der Waals surface area contributed by atoms with E-state index in [1.54, 1.807) is 0 Å². The first-order chi connectivity index (χ1) is 11.2. The van der Waals surface area contributed by atoms with Crippen LogP contribution in [0.15, 0.2) is 0 Å². The maximum absolute atomic E-state index is 7.67. The lowest BCUT2D eigenvalue weighted by Crippen LogP contribution is -2.10. The maximum Gasteiger partial charge on any atom is 0.180 e. The zero-order valence-electron chi connectivity index (χ0n) is 16.3. The van der Waals surface area contributed by atoms with Gasteiger partial charge in [0.2, 0.25) is 0 Å². The van der Waals surface area contributed by atoms with Gasteiger partial charge >= 0.3 is 0 Å². The molecule has 138 valence electrons. The molecule has 0 saturated heterocycles. The van der Waals surface area contributed by atoms with E-state index in [2.05, 4.69) is 6.92 Å². The van der Waals surface area contributed by atoms with Crippen molar-refractivity contribution in [2.24, 2.45) is 0 Å². The standard InChI is InChI=1S/C21H43NO/c1-4-5-6-7-8-9-10-11-12-13-14-15-16-17-18-19-21(22)23-20(2)3/h20,22H,4-19H2,1-3H3. The summed E-state index contributed by atoms with van der Waals surface area (Å²) in [6, 6.07) is 0. The highest BCUT2D eigenvalue weighted by atomic mass is 16.5. The highest BCUT2D eigenvalue weighted by Crippen LogP contribution is 2.13. The minimum Gasteiger partial charge on any atom is -0.478 e. The summed E-state index contributed by atoms with van der Waals surface area (Å²) in [6.07, 6.45) is 21.8. The molecule has 0 aromatic carbocycles. The number of rotatable bonds is 17. The second-order valence-corrected chi connectivity index (χ2v) is 7.29. The maximum atomic E-state index is 7.67. The molecular weight excluding hydrogens is 282 g/mol. The summed E-state index contributed by atoms with van der Waals surface area (Å²) in [5.41, 5.74) is 0. The fraction of sp³-hybridized carbons (Fsp3) is 0.952. The predicted octanol–water partition coefficient (Wildman–Crippen LogP) is 7.65. The van der Waals surface area contributed by atoms with Crippen LogP contribution >= 0.6 is 0 Å². The summed E-state index contributed by atoms with van der Waals surface area (Å²) in [7, 11) is 0. The first-order valence-corrected chi connectivity index (χ1v) is 10.4. The van der Waals surface area contributed by atoms with Crippen LogP contribution in [0.1, 0.15) is 124 Å². The van der Waals surface area contributed by atoms with Crippen LogP contribution in [0.3, 0.4) is 0 Å². The molecule has 0 fully saturated rings. The molecule has 0 amide bonds. The summed E-state index contributed by atoms with van der Waals surface area (Å²) in [5.74, 6) is 0.467. The van der Waals surface area contributed by atoms with E-state index >= 15 is 0 Å². The Morgan fingerprint density at radius 1 is 0.652 bits per heavy atom. The van der Waals surface area contributed by atoms with Gasteiger partial charge < -0.3 is 4.74 Å². The van der Waals surface area contributed by atoms with Gasteiger partial charge in [-0.2, -0.15) is 0 Å². The summed E-state index contributed by atoms with van der Waals surface area (Å²) < 4.78 is 5.35. The van der Waals surface area contributed by atoms with E-state index in [1.165, 1.54) is 89.9 Å². The van der Waals surface area contributed by atoms with Crippen molar-refractivity contribution in [1.82, 2.24) is 0 Å². The molecule has 0 rings (SSSR count). The first kappa shape index (κ1) is 22.5. The predicted molar refractivity (Wildman–Crippen MR) is 103 cm³/mol. The molecule has 0 radical (unpaired) electrons. The summed E-state index contributed by atoms with van der Waals surface area (Å²) in [5, 5.41) is 7.67. The monoisotopic (exact) mass is 325 g/mol. The summed E-state index contributed by atoms with van der Waals surface area (Å²) in [4.78, 5) is 0. The number of hydrogen-bond donors (Lipinski definition) is 1. The molecule has 0 bridgehead atoms. The highest BCUT2D eigenvalue weighted by Gasteiger charge is 2.00. The Balaban J connectivity index is 3.06. The molecule has 0 aliphatic carbocycles. The molecule has 23 heavy (non-hydrogen) atoms. The largest absolute Gasteiger partial charge is 0.478 e. The number of unbranched alkanes of at least 4 members (excludes halogenated alkanes) is 14. The quantitative estimate of drug-likeness (QED) is 0.166. The van der Waals surface area contributed by atoms with E-state index in [9.17, 15) is 0 Å². The molecular formula is C21H43NO. The van der Waals surface area contributed by atoms with Crippen LogP contribution in [-0.4, -0.2) is 12.0 Å². The lowest BCUT2D eigenvalue weighted by atomic mass is 10.0. The summed E-state index contributed by atoms with van der Waals surface area (Å²) in [6.45, 7) is 6.26. The lowest BCUT2D eigenvalue weighted by Gasteiger charge is -2.10. The van der Waals surface area contributed by atoms with Crippen molar-refractivity contribution in [3.8, 4) is 0 Å². The SMILES string of the molecule is CCCCCCCCCCCCCCCCCC(=N)OC(C)C. The van der Waals surface area contributed by atoms with E-state index in [0.717, 1.165) is 12.8 Å². The Hall–Kier alpha value is -0.530. The van der Waals surface area contributed by atoms with E-state index in [1.807, 2.05) is 13.8 Å². The third-order valence-electron chi connectivity index (χ3n) is 4.39. The van der Waals surface area contributed by atoms with Gasteiger partial charge in [-0.3, -0.25) is 5.41 Å². The molecule has 1 N–H and O–H groups in total. The molecule has 0 aliphatic rings. The first-order valence-electron chi connectivity index (χ1n) is 10.4. The van der Waals surface area contributed by atoms with Gasteiger partial charge in [-0.15, -0.1) is 0 Å². The van der Waals surface area contributed by atoms with Gasteiger partial charge in [0, 0.05) is 6.42 Å². The van der Waals surface area contributed by atoms with Crippen LogP contribution in [0, 0.1) is 5.41 Å². The van der Waals surface area contributed by atoms with Crippen LogP contribution < -0.4 is 0 Å². The average molecular weight is 326 g/mol. The fourth-order valence-corrected chi connectivity index (χ4v) is 3.00. The van der Waals surface area contributed by atoms with Crippen molar-refractivity contribution in [3.05, 3.63) is 0 Å². The molecule has 0 aromatic heterocycles. The van der Waals surface area contributed by atoms with Gasteiger partial charge in [0.1, 0.15) is 0 Å². The Bertz CT molecular complexity index is 250. The van der Waals surface area contributed by atoms with Gasteiger partial charge in [-0.05, 0) is 20.3 Å². The molecule has 0 aliphatic heterocycles. The zero-order chi connectivity index (χ0) is 17.2. The Labute approximate surface area is 146 Å². The molecule has 0 unspecified atom stereocenters. The van der Waals surface area contributed by atoms with Crippen molar-refractivity contribution in [3.63, 3.8) is 0 Å². The Morgan fingerprint density at radius 3 is 1.35 bits per heavy atom. The minimum atomic E-state index is 0.152. The van der Waals surface area contributed by atoms with Crippen molar-refractivity contribution in [2.45, 2.75) is 130 Å². The van der Waals surface area contributed by atoms with E-state index in [4.69, 9.17) is 10.1 Å². The molecule has 0 atom stereocenters.